The van der Waals surface area contributed by atoms with Gasteiger partial charge in [-0.1, -0.05) is 0 Å². The van der Waals surface area contributed by atoms with E-state index in [0.29, 0.717) is 19.6 Å². The molecule has 2 amide bonds. The Morgan fingerprint density at radius 3 is 2.94 bits per heavy atom. The van der Waals surface area contributed by atoms with Crippen molar-refractivity contribution in [1.29, 1.82) is 0 Å². The first-order valence-corrected chi connectivity index (χ1v) is 5.35. The van der Waals surface area contributed by atoms with E-state index in [9.17, 15) is 9.59 Å². The van der Waals surface area contributed by atoms with E-state index in [1.807, 2.05) is 10.8 Å². The molecular formula is C10H16N4O3. The predicted molar refractivity (Wildman–Crippen MR) is 60.3 cm³/mol. The Morgan fingerprint density at radius 1 is 1.41 bits per heavy atom. The molecule has 1 rings (SSSR count). The van der Waals surface area contributed by atoms with Gasteiger partial charge < -0.3 is 19.9 Å². The van der Waals surface area contributed by atoms with Gasteiger partial charge in [-0.25, -0.2) is 9.78 Å². The predicted octanol–water partition coefficient (Wildman–Crippen LogP) is -0.255. The van der Waals surface area contributed by atoms with Crippen LogP contribution in [0.1, 0.15) is 6.42 Å². The highest BCUT2D eigenvalue weighted by Crippen LogP contribution is 1.88. The van der Waals surface area contributed by atoms with E-state index in [2.05, 4.69) is 20.4 Å². The van der Waals surface area contributed by atoms with Crippen molar-refractivity contribution >= 4 is 12.5 Å². The number of carbonyl (C=O) groups is 2. The van der Waals surface area contributed by atoms with Gasteiger partial charge in [-0.2, -0.15) is 0 Å². The first-order chi connectivity index (χ1) is 8.33. The van der Waals surface area contributed by atoms with E-state index < -0.39 is 0 Å². The Labute approximate surface area is 99.2 Å². The first-order valence-electron chi connectivity index (χ1n) is 5.35. The number of imidazole rings is 1. The van der Waals surface area contributed by atoms with Crippen molar-refractivity contribution in [2.75, 3.05) is 19.7 Å². The maximum absolute atomic E-state index is 11.2. The van der Waals surface area contributed by atoms with Crippen LogP contribution >= 0.6 is 0 Å². The van der Waals surface area contributed by atoms with Crippen LogP contribution in [0.25, 0.3) is 0 Å². The number of urea groups is 1. The minimum atomic E-state index is -0.259. The summed E-state index contributed by atoms with van der Waals surface area (Å²) >= 11 is 0. The van der Waals surface area contributed by atoms with Crippen LogP contribution < -0.4 is 10.6 Å². The molecule has 0 atom stereocenters. The van der Waals surface area contributed by atoms with Crippen LogP contribution in [0.5, 0.6) is 0 Å². The van der Waals surface area contributed by atoms with Crippen molar-refractivity contribution in [2.24, 2.45) is 0 Å². The molecule has 1 aromatic heterocycles. The molecule has 0 saturated carbocycles. The normalized spacial score (nSPS) is 9.65. The lowest BCUT2D eigenvalue weighted by molar-refractivity contribution is -0.128. The minimum absolute atomic E-state index is 0.186. The Hall–Kier alpha value is -2.05. The topological polar surface area (TPSA) is 85.2 Å². The fourth-order valence-electron chi connectivity index (χ4n) is 1.22. The molecule has 2 N–H and O–H groups in total. The van der Waals surface area contributed by atoms with E-state index in [1.54, 1.807) is 12.5 Å². The summed E-state index contributed by atoms with van der Waals surface area (Å²) in [6.07, 6.45) is 6.15. The third kappa shape index (κ3) is 6.18. The second-order valence-electron chi connectivity index (χ2n) is 3.30. The summed E-state index contributed by atoms with van der Waals surface area (Å²) < 4.78 is 6.37. The van der Waals surface area contributed by atoms with Gasteiger partial charge in [-0.15, -0.1) is 0 Å². The van der Waals surface area contributed by atoms with Gasteiger partial charge in [0.1, 0.15) is 6.61 Å². The lowest BCUT2D eigenvalue weighted by Gasteiger charge is -2.07. The quantitative estimate of drug-likeness (QED) is 0.484. The van der Waals surface area contributed by atoms with Crippen LogP contribution in [0.4, 0.5) is 4.79 Å². The van der Waals surface area contributed by atoms with Gasteiger partial charge in [0.15, 0.2) is 0 Å². The Morgan fingerprint density at radius 2 is 2.24 bits per heavy atom. The average Bonchev–Trinajstić information content (AvgIpc) is 2.83. The zero-order valence-corrected chi connectivity index (χ0v) is 9.46. The number of aromatic nitrogens is 2. The van der Waals surface area contributed by atoms with Gasteiger partial charge in [-0.3, -0.25) is 4.79 Å². The van der Waals surface area contributed by atoms with E-state index in [0.717, 1.165) is 13.0 Å². The molecule has 0 radical (unpaired) electrons. The van der Waals surface area contributed by atoms with Crippen LogP contribution in [0.15, 0.2) is 18.7 Å². The summed E-state index contributed by atoms with van der Waals surface area (Å²) in [6, 6.07) is -0.259. The molecule has 17 heavy (non-hydrogen) atoms. The fraction of sp³-hybridized carbons (Fsp3) is 0.500. The van der Waals surface area contributed by atoms with Gasteiger partial charge >= 0.3 is 6.03 Å². The first kappa shape index (κ1) is 13.0. The summed E-state index contributed by atoms with van der Waals surface area (Å²) in [5.41, 5.74) is 0. The molecule has 0 fully saturated rings. The molecule has 7 nitrogen and oxygen atoms in total. The SMILES string of the molecule is O=COCCNC(=O)NCCCn1ccnc1. The highest BCUT2D eigenvalue weighted by atomic mass is 16.5. The van der Waals surface area contributed by atoms with Crippen LogP contribution in [-0.4, -0.2) is 41.8 Å². The van der Waals surface area contributed by atoms with E-state index in [4.69, 9.17) is 0 Å². The maximum atomic E-state index is 11.2. The zero-order chi connectivity index (χ0) is 12.3. The molecule has 94 valence electrons. The number of aryl methyl sites for hydroxylation is 1. The molecule has 0 aliphatic carbocycles. The molecule has 0 aliphatic rings. The van der Waals surface area contributed by atoms with Crippen molar-refractivity contribution in [3.63, 3.8) is 0 Å². The highest BCUT2D eigenvalue weighted by Gasteiger charge is 1.98. The van der Waals surface area contributed by atoms with Crippen LogP contribution in [-0.2, 0) is 16.1 Å². The van der Waals surface area contributed by atoms with Crippen molar-refractivity contribution < 1.29 is 14.3 Å². The summed E-state index contributed by atoms with van der Waals surface area (Å²) in [6.45, 7) is 2.25. The number of nitrogens with one attached hydrogen (secondary N) is 2. The molecular weight excluding hydrogens is 224 g/mol. The van der Waals surface area contributed by atoms with Crippen molar-refractivity contribution in [3.8, 4) is 0 Å². The van der Waals surface area contributed by atoms with Crippen molar-refractivity contribution in [3.05, 3.63) is 18.7 Å². The van der Waals surface area contributed by atoms with Crippen LogP contribution in [0.2, 0.25) is 0 Å². The summed E-state index contributed by atoms with van der Waals surface area (Å²) in [4.78, 5) is 24.9. The number of nitrogens with zero attached hydrogens (tertiary/aromatic N) is 2. The van der Waals surface area contributed by atoms with E-state index >= 15 is 0 Å². The molecule has 0 aliphatic heterocycles. The molecule has 1 heterocycles. The minimum Gasteiger partial charge on any atom is -0.466 e. The number of amides is 2. The molecule has 0 spiro atoms. The monoisotopic (exact) mass is 240 g/mol. The number of ether oxygens (including phenoxy) is 1. The number of hydrogen-bond acceptors (Lipinski definition) is 4. The fourth-order valence-corrected chi connectivity index (χ4v) is 1.22. The average molecular weight is 240 g/mol. The van der Waals surface area contributed by atoms with Gasteiger partial charge in [0.25, 0.3) is 6.47 Å². The lowest BCUT2D eigenvalue weighted by atomic mass is 10.4. The summed E-state index contributed by atoms with van der Waals surface area (Å²) in [7, 11) is 0. The second kappa shape index (κ2) is 8.14. The second-order valence-corrected chi connectivity index (χ2v) is 3.30. The molecule has 1 aromatic rings. The summed E-state index contributed by atoms with van der Waals surface area (Å²) in [5.74, 6) is 0. The zero-order valence-electron chi connectivity index (χ0n) is 9.46. The maximum Gasteiger partial charge on any atom is 0.314 e. The molecule has 7 heteroatoms. The third-order valence-electron chi connectivity index (χ3n) is 2.01. The Balaban J connectivity index is 1.95. The smallest absolute Gasteiger partial charge is 0.314 e. The number of carbonyl (C=O) groups excluding carboxylic acids is 2. The number of rotatable bonds is 8. The lowest BCUT2D eigenvalue weighted by Crippen LogP contribution is -2.37. The molecule has 0 unspecified atom stereocenters. The van der Waals surface area contributed by atoms with Crippen molar-refractivity contribution in [1.82, 2.24) is 20.2 Å². The van der Waals surface area contributed by atoms with Gasteiger partial charge in [-0.05, 0) is 6.42 Å². The van der Waals surface area contributed by atoms with Gasteiger partial charge in [0.05, 0.1) is 12.9 Å². The van der Waals surface area contributed by atoms with Crippen LogP contribution in [0, 0.1) is 0 Å². The highest BCUT2D eigenvalue weighted by molar-refractivity contribution is 5.73. The Kier molecular flexibility index (Phi) is 6.23. The largest absolute Gasteiger partial charge is 0.466 e. The summed E-state index contributed by atoms with van der Waals surface area (Å²) in [5, 5.41) is 5.25. The molecule has 0 saturated heterocycles. The van der Waals surface area contributed by atoms with Gasteiger partial charge in [0, 0.05) is 25.5 Å². The molecule has 0 aromatic carbocycles. The van der Waals surface area contributed by atoms with E-state index in [-0.39, 0.29) is 12.6 Å². The van der Waals surface area contributed by atoms with Crippen LogP contribution in [0.3, 0.4) is 0 Å². The Bertz CT molecular complexity index is 326. The standard InChI is InChI=1S/C10H16N4O3/c15-9-17-7-4-13-10(16)12-2-1-5-14-6-3-11-8-14/h3,6,8-9H,1-2,4-5,7H2,(H2,12,13,16). The van der Waals surface area contributed by atoms with Crippen molar-refractivity contribution in [2.45, 2.75) is 13.0 Å². The molecule has 0 bridgehead atoms. The third-order valence-corrected chi connectivity index (χ3v) is 2.01. The number of hydrogen-bond donors (Lipinski definition) is 2. The van der Waals surface area contributed by atoms with E-state index in [1.165, 1.54) is 0 Å². The van der Waals surface area contributed by atoms with Gasteiger partial charge in [0.2, 0.25) is 0 Å².